The number of rotatable bonds is 19. The molecule has 12 heterocycles. The number of ether oxygens (including phenoxy) is 3. The van der Waals surface area contributed by atoms with E-state index < -0.39 is 23.4 Å². The minimum Gasteiger partial charge on any atom is -0.435 e. The predicted molar refractivity (Wildman–Crippen MR) is 434 cm³/mol. The van der Waals surface area contributed by atoms with Crippen LogP contribution in [0.25, 0.3) is 55.0 Å². The molecule has 4 aliphatic rings. The van der Waals surface area contributed by atoms with Crippen LogP contribution in [0.1, 0.15) is 67.9 Å². The van der Waals surface area contributed by atoms with Crippen LogP contribution in [0.2, 0.25) is 0 Å². The molecule has 29 nitrogen and oxygen atoms in total. The quantitative estimate of drug-likeness (QED) is 0.0349. The van der Waals surface area contributed by atoms with Gasteiger partial charge in [0.05, 0.1) is 28.1 Å². The van der Waals surface area contributed by atoms with E-state index in [9.17, 15) is 14.4 Å². The zero-order chi connectivity index (χ0) is 81.1. The fourth-order valence-electron chi connectivity index (χ4n) is 14.2. The Hall–Kier alpha value is -13.9. The highest BCUT2D eigenvalue weighted by molar-refractivity contribution is 6.04. The van der Waals surface area contributed by atoms with Crippen LogP contribution in [0.5, 0.6) is 34.9 Å². The number of carbonyl (C=O) groups is 3. The Morgan fingerprint density at radius 2 is 0.897 bits per heavy atom. The van der Waals surface area contributed by atoms with Gasteiger partial charge in [0.1, 0.15) is 47.3 Å². The second-order valence-electron chi connectivity index (χ2n) is 28.6. The van der Waals surface area contributed by atoms with Crippen molar-refractivity contribution in [2.45, 2.75) is 40.5 Å². The van der Waals surface area contributed by atoms with E-state index in [0.717, 1.165) is 105 Å². The number of halogens is 5. The maximum Gasteiger partial charge on any atom is 0.263 e. The summed E-state index contributed by atoms with van der Waals surface area (Å²) in [5.41, 5.74) is 9.46. The van der Waals surface area contributed by atoms with E-state index in [2.05, 4.69) is 103 Å². The number of piperazine rings is 2. The summed E-state index contributed by atoms with van der Waals surface area (Å²) in [5.74, 6) is -3.27. The van der Waals surface area contributed by atoms with E-state index in [1.54, 1.807) is 88.9 Å². The second-order valence-corrected chi connectivity index (χ2v) is 28.6. The van der Waals surface area contributed by atoms with Gasteiger partial charge in [-0.25, -0.2) is 51.9 Å². The monoisotopic (exact) mass is 1590 g/mol. The highest BCUT2D eigenvalue weighted by Crippen LogP contribution is 2.40. The summed E-state index contributed by atoms with van der Waals surface area (Å²) in [6.07, 6.45) is 8.72. The normalized spacial score (nSPS) is 14.3. The molecule has 8 aromatic heterocycles. The number of hydrogen-bond donors (Lipinski definition) is 8. The number of aromatic amines is 4. The van der Waals surface area contributed by atoms with Crippen LogP contribution in [0.15, 0.2) is 147 Å². The van der Waals surface area contributed by atoms with E-state index in [4.69, 9.17) is 14.2 Å². The SMILES string of the molecule is CCN1CCN(c2ccc(Nc3ncnc(Oc4ccc5[nH]c(C)cc5c4F)c3C(=O)N3CCC3)cc2F)CC1.CNC(=O)c1c(Nc2cc(-c3ccc4nccnc4c3)[nH]n2)ncnc1Oc1ccc2[nH]c(C)cc2c1F.Cc1cc2c(F)c(Oc3ncnc(Nc4ccc(N5CCN(C)CC5)c(F)c4)c3C(=O)N3CCC3)ccc2[nH]1. The zero-order valence-corrected chi connectivity index (χ0v) is 64.5. The molecule has 8 N–H and O–H groups in total. The zero-order valence-electron chi connectivity index (χ0n) is 64.5. The number of aromatic nitrogens is 13. The molecule has 117 heavy (non-hydrogen) atoms. The van der Waals surface area contributed by atoms with Crippen LogP contribution in [0.3, 0.4) is 0 Å². The number of likely N-dealkylation sites (tertiary alicyclic amines) is 2. The molecule has 34 heteroatoms. The van der Waals surface area contributed by atoms with Crippen LogP contribution in [-0.2, 0) is 0 Å². The van der Waals surface area contributed by atoms with Crippen molar-refractivity contribution in [1.82, 2.24) is 89.9 Å². The first-order valence-corrected chi connectivity index (χ1v) is 38.1. The first-order chi connectivity index (χ1) is 56.8. The number of fused-ring (bicyclic) bond motifs is 4. The summed E-state index contributed by atoms with van der Waals surface area (Å²) >= 11 is 0. The smallest absolute Gasteiger partial charge is 0.263 e. The largest absolute Gasteiger partial charge is 0.435 e. The highest BCUT2D eigenvalue weighted by Gasteiger charge is 2.33. The number of nitrogens with one attached hydrogen (secondary N) is 8. The molecule has 0 atom stereocenters. The number of anilines is 8. The molecule has 4 saturated heterocycles. The van der Waals surface area contributed by atoms with E-state index in [1.165, 1.54) is 56.4 Å². The Balaban J connectivity index is 0.000000131. The fourth-order valence-corrected chi connectivity index (χ4v) is 14.2. The van der Waals surface area contributed by atoms with E-state index in [-0.39, 0.29) is 92.5 Å². The van der Waals surface area contributed by atoms with Gasteiger partial charge in [0, 0.05) is 171 Å². The summed E-state index contributed by atoms with van der Waals surface area (Å²) in [4.78, 5) is 94.8. The maximum atomic E-state index is 15.3. The topological polar surface area (TPSA) is 326 Å². The van der Waals surface area contributed by atoms with Crippen molar-refractivity contribution in [3.05, 3.63) is 209 Å². The van der Waals surface area contributed by atoms with E-state index in [0.29, 0.717) is 93.1 Å². The van der Waals surface area contributed by atoms with Gasteiger partial charge < -0.3 is 79.8 Å². The summed E-state index contributed by atoms with van der Waals surface area (Å²) in [6, 6.07) is 31.8. The van der Waals surface area contributed by atoms with Crippen molar-refractivity contribution in [2.24, 2.45) is 0 Å². The van der Waals surface area contributed by atoms with Crippen LogP contribution < -0.4 is 45.3 Å². The van der Waals surface area contributed by atoms with Crippen LogP contribution in [-0.4, -0.2) is 202 Å². The van der Waals surface area contributed by atoms with Crippen molar-refractivity contribution >= 4 is 107 Å². The lowest BCUT2D eigenvalue weighted by Crippen LogP contribution is -2.46. The van der Waals surface area contributed by atoms with Gasteiger partial charge in [-0.15, -0.1) is 0 Å². The molecular weight excluding hydrogens is 1510 g/mol. The molecule has 0 spiro atoms. The van der Waals surface area contributed by atoms with E-state index >= 15 is 22.0 Å². The van der Waals surface area contributed by atoms with E-state index in [1.807, 2.05) is 55.8 Å². The van der Waals surface area contributed by atoms with Crippen molar-refractivity contribution in [2.75, 3.05) is 125 Å². The molecular formula is C83H80F5N23O6. The highest BCUT2D eigenvalue weighted by atomic mass is 19.1. The minimum atomic E-state index is -0.570. The Morgan fingerprint density at radius 3 is 1.32 bits per heavy atom. The molecule has 3 amide bonds. The molecule has 0 aliphatic carbocycles. The molecule has 14 aromatic rings. The number of carbonyl (C=O) groups excluding carboxylic acids is 3. The number of nitrogens with zero attached hydrogens (tertiary/aromatic N) is 15. The third kappa shape index (κ3) is 16.4. The average Bonchev–Trinajstić information content (AvgIpc) is 1.78. The van der Waals surface area contributed by atoms with Gasteiger partial charge in [-0.05, 0) is 150 Å². The second kappa shape index (κ2) is 33.3. The molecule has 0 bridgehead atoms. The fraction of sp³-hybridized carbons (Fsp3) is 0.253. The number of amides is 3. The maximum absolute atomic E-state index is 15.3. The van der Waals surface area contributed by atoms with Gasteiger partial charge in [-0.2, -0.15) is 5.10 Å². The van der Waals surface area contributed by atoms with Gasteiger partial charge >= 0.3 is 0 Å². The first kappa shape index (κ1) is 77.1. The van der Waals surface area contributed by atoms with Crippen molar-refractivity contribution in [3.63, 3.8) is 0 Å². The van der Waals surface area contributed by atoms with Crippen LogP contribution >= 0.6 is 0 Å². The molecule has 598 valence electrons. The Labute approximate surface area is 666 Å². The first-order valence-electron chi connectivity index (χ1n) is 38.1. The Kier molecular flexibility index (Phi) is 21.9. The van der Waals surface area contributed by atoms with Crippen LogP contribution in [0.4, 0.5) is 68.0 Å². The van der Waals surface area contributed by atoms with Crippen LogP contribution in [0, 0.1) is 49.9 Å². The van der Waals surface area contributed by atoms with Crippen molar-refractivity contribution < 1.29 is 50.5 Å². The molecule has 0 radical (unpaired) electrons. The average molecular weight is 1590 g/mol. The van der Waals surface area contributed by atoms with Crippen molar-refractivity contribution in [3.8, 4) is 46.1 Å². The summed E-state index contributed by atoms with van der Waals surface area (Å²) in [7, 11) is 3.51. The summed E-state index contributed by atoms with van der Waals surface area (Å²) in [6.45, 7) is 17.5. The third-order valence-electron chi connectivity index (χ3n) is 20.8. The molecule has 4 aliphatic heterocycles. The lowest BCUT2D eigenvalue weighted by molar-refractivity contribution is 0.0641. The summed E-state index contributed by atoms with van der Waals surface area (Å²) in [5, 5.41) is 20.1. The Bertz CT molecular complexity index is 6090. The number of benzene rings is 6. The van der Waals surface area contributed by atoms with Gasteiger partial charge in [-0.1, -0.05) is 13.0 Å². The summed E-state index contributed by atoms with van der Waals surface area (Å²) < 4.78 is 93.8. The minimum absolute atomic E-state index is 0.00900. The molecule has 6 aromatic carbocycles. The van der Waals surface area contributed by atoms with Gasteiger partial charge in [-0.3, -0.25) is 29.5 Å². The lowest BCUT2D eigenvalue weighted by atomic mass is 10.1. The number of likely N-dealkylation sites (N-methyl/N-ethyl adjacent to an activating group) is 2. The van der Waals surface area contributed by atoms with Gasteiger partial charge in [0.2, 0.25) is 17.6 Å². The number of H-pyrrole nitrogens is 4. The Morgan fingerprint density at radius 1 is 0.462 bits per heavy atom. The molecule has 0 saturated carbocycles. The van der Waals surface area contributed by atoms with Gasteiger partial charge in [0.15, 0.2) is 58.0 Å². The standard InChI is InChI=1S/C29H31F2N7O2.C28H29F2N7O2.C26H20FN9O2/c1-3-36-11-13-37(14-12-36)23-7-5-19(16-21(23)30)35-27-25(29(39)38-9-4-10-38)28(33-17-32-27)40-24-8-6-22-20(26(24)31)15-18(2)34-22;1-17-14-19-21(33-17)5-7-23(25(19)30)39-27-24(28(38)37-8-3-9-37)26(31-16-32-27)34-18-4-6-22(20(29)15-18)36-12-10-35(2)11-13-36;1-13-9-15-16(33-13)5-6-20(23(15)27)38-26-22(25(37)28-2)24(31-12-32-26)34-21-11-18(35-36-21)14-3-4-17-19(10-14)30-8-7-29-17/h5-8,15-17,34H,3-4,9-14H2,1-2H3,(H,32,33,35);4-7,14-16,33H,3,8-13H2,1-2H3,(H,31,32,34);3-12,33H,1-2H3,(H,28,37)(H2,31,32,34,35,36). The molecule has 0 unspecified atom stereocenters. The lowest BCUT2D eigenvalue weighted by Gasteiger charge is -2.35. The molecule has 18 rings (SSSR count). The number of aryl methyl sites for hydroxylation is 3. The van der Waals surface area contributed by atoms with Crippen molar-refractivity contribution in [1.29, 1.82) is 0 Å². The number of hydrogen-bond acceptors (Lipinski definition) is 22. The molecule has 4 fully saturated rings. The van der Waals surface area contributed by atoms with Gasteiger partial charge in [0.25, 0.3) is 17.7 Å². The third-order valence-corrected chi connectivity index (χ3v) is 20.8. The predicted octanol–water partition coefficient (Wildman–Crippen LogP) is 14.4.